The Labute approximate surface area is 108 Å². The van der Waals surface area contributed by atoms with Gasteiger partial charge < -0.3 is 4.90 Å². The molecule has 1 N–H and O–H groups in total. The van der Waals surface area contributed by atoms with Gasteiger partial charge in [-0.1, -0.05) is 0 Å². The third-order valence-electron chi connectivity index (χ3n) is 3.39. The van der Waals surface area contributed by atoms with E-state index in [2.05, 4.69) is 5.32 Å². The van der Waals surface area contributed by atoms with Gasteiger partial charge in [0.2, 0.25) is 11.8 Å². The van der Waals surface area contributed by atoms with Gasteiger partial charge in [0.05, 0.1) is 18.1 Å². The third-order valence-corrected chi connectivity index (χ3v) is 3.39. The monoisotopic (exact) mass is 255 g/mol. The summed E-state index contributed by atoms with van der Waals surface area (Å²) in [6.45, 7) is 0.259. The topological polar surface area (TPSA) is 90.3 Å². The van der Waals surface area contributed by atoms with Crippen molar-refractivity contribution in [3.05, 3.63) is 34.9 Å². The molecule has 0 saturated carbocycles. The van der Waals surface area contributed by atoms with E-state index < -0.39 is 11.9 Å². The normalized spacial score (nSPS) is 21.3. The van der Waals surface area contributed by atoms with Gasteiger partial charge in [-0.3, -0.25) is 19.7 Å². The fourth-order valence-electron chi connectivity index (χ4n) is 2.46. The van der Waals surface area contributed by atoms with Gasteiger partial charge in [-0.2, -0.15) is 5.26 Å². The van der Waals surface area contributed by atoms with Gasteiger partial charge in [-0.25, -0.2) is 0 Å². The molecule has 19 heavy (non-hydrogen) atoms. The lowest BCUT2D eigenvalue weighted by molar-refractivity contribution is -0.126. The number of carbonyl (C=O) groups excluding carboxylic acids is 3. The molecule has 94 valence electrons. The van der Waals surface area contributed by atoms with Crippen LogP contribution in [-0.2, 0) is 16.1 Å². The van der Waals surface area contributed by atoms with E-state index in [4.69, 9.17) is 5.26 Å². The second-order valence-corrected chi connectivity index (χ2v) is 4.55. The first-order valence-electron chi connectivity index (χ1n) is 5.78. The summed E-state index contributed by atoms with van der Waals surface area (Å²) in [5, 5.41) is 11.0. The minimum absolute atomic E-state index is 0.00364. The van der Waals surface area contributed by atoms with Crippen LogP contribution in [0.2, 0.25) is 0 Å². The van der Waals surface area contributed by atoms with Crippen LogP contribution in [0.1, 0.15) is 27.9 Å². The molecule has 0 bridgehead atoms. The molecule has 2 aliphatic rings. The van der Waals surface area contributed by atoms with Crippen LogP contribution in [0.4, 0.5) is 0 Å². The zero-order valence-corrected chi connectivity index (χ0v) is 9.84. The Morgan fingerprint density at radius 3 is 2.74 bits per heavy atom. The lowest BCUT2D eigenvalue weighted by atomic mass is 10.1. The maximum absolute atomic E-state index is 12.2. The highest BCUT2D eigenvalue weighted by Crippen LogP contribution is 2.27. The Bertz CT molecular complexity index is 660. The van der Waals surface area contributed by atoms with E-state index in [-0.39, 0.29) is 24.8 Å². The van der Waals surface area contributed by atoms with Crippen LogP contribution in [0.15, 0.2) is 18.2 Å². The number of hydrogen-bond acceptors (Lipinski definition) is 4. The van der Waals surface area contributed by atoms with Gasteiger partial charge >= 0.3 is 0 Å². The van der Waals surface area contributed by atoms with Crippen molar-refractivity contribution >= 4 is 17.7 Å². The second-order valence-electron chi connectivity index (χ2n) is 4.55. The molecule has 2 heterocycles. The molecule has 6 heteroatoms. The second kappa shape index (κ2) is 3.92. The van der Waals surface area contributed by atoms with Crippen molar-refractivity contribution in [2.24, 2.45) is 0 Å². The molecule has 0 aromatic heterocycles. The zero-order chi connectivity index (χ0) is 13.6. The molecule has 1 atom stereocenters. The predicted octanol–water partition coefficient (Wildman–Crippen LogP) is -0.0708. The Morgan fingerprint density at radius 1 is 1.32 bits per heavy atom. The van der Waals surface area contributed by atoms with Crippen molar-refractivity contribution in [1.82, 2.24) is 10.2 Å². The summed E-state index contributed by atoms with van der Waals surface area (Å²) >= 11 is 0. The van der Waals surface area contributed by atoms with Crippen LogP contribution in [0, 0.1) is 11.3 Å². The SMILES string of the molecule is N#Cc1ccc2c(c1)CN([C@H]1CC(=O)NC1=O)C2=O. The number of fused-ring (bicyclic) bond motifs is 1. The smallest absolute Gasteiger partial charge is 0.255 e. The molecule has 1 aromatic rings. The van der Waals surface area contributed by atoms with E-state index >= 15 is 0 Å². The Hall–Kier alpha value is -2.68. The van der Waals surface area contributed by atoms with E-state index in [0.29, 0.717) is 11.1 Å². The van der Waals surface area contributed by atoms with E-state index in [1.807, 2.05) is 6.07 Å². The molecule has 0 aliphatic carbocycles. The van der Waals surface area contributed by atoms with E-state index in [1.54, 1.807) is 18.2 Å². The highest BCUT2D eigenvalue weighted by molar-refractivity contribution is 6.09. The van der Waals surface area contributed by atoms with E-state index in [1.165, 1.54) is 4.90 Å². The van der Waals surface area contributed by atoms with Gasteiger partial charge in [0, 0.05) is 12.1 Å². The summed E-state index contributed by atoms with van der Waals surface area (Å²) in [7, 11) is 0. The summed E-state index contributed by atoms with van der Waals surface area (Å²) < 4.78 is 0. The Balaban J connectivity index is 1.93. The number of carbonyl (C=O) groups is 3. The maximum atomic E-state index is 12.2. The standard InChI is InChI=1S/C13H9N3O3/c14-5-7-1-2-9-8(3-7)6-16(13(9)19)10-4-11(17)15-12(10)18/h1-3,10H,4,6H2,(H,15,17,18)/t10-/m0/s1. The summed E-state index contributed by atoms with van der Waals surface area (Å²) in [5.74, 6) is -1.07. The summed E-state index contributed by atoms with van der Waals surface area (Å²) in [6.07, 6.45) is 0.00364. The van der Waals surface area contributed by atoms with Gasteiger partial charge in [0.25, 0.3) is 5.91 Å². The van der Waals surface area contributed by atoms with Crippen molar-refractivity contribution in [3.63, 3.8) is 0 Å². The van der Waals surface area contributed by atoms with Crippen LogP contribution in [-0.4, -0.2) is 28.7 Å². The molecule has 1 fully saturated rings. The van der Waals surface area contributed by atoms with Crippen LogP contribution in [0.3, 0.4) is 0 Å². The minimum atomic E-state index is -0.738. The molecule has 0 radical (unpaired) electrons. The quantitative estimate of drug-likeness (QED) is 0.711. The highest BCUT2D eigenvalue weighted by Gasteiger charge is 2.41. The van der Waals surface area contributed by atoms with Gasteiger partial charge in [-0.15, -0.1) is 0 Å². The van der Waals surface area contributed by atoms with E-state index in [9.17, 15) is 14.4 Å². The minimum Gasteiger partial charge on any atom is -0.322 e. The number of amides is 3. The van der Waals surface area contributed by atoms with Crippen molar-refractivity contribution in [2.75, 3.05) is 0 Å². The number of nitrogens with one attached hydrogen (secondary N) is 1. The Morgan fingerprint density at radius 2 is 2.11 bits per heavy atom. The number of benzene rings is 1. The van der Waals surface area contributed by atoms with Crippen LogP contribution < -0.4 is 5.32 Å². The summed E-state index contributed by atoms with van der Waals surface area (Å²) in [6, 6.07) is 6.07. The molecular weight excluding hydrogens is 246 g/mol. The molecule has 0 spiro atoms. The van der Waals surface area contributed by atoms with Crippen LogP contribution in [0.5, 0.6) is 0 Å². The molecule has 2 aliphatic heterocycles. The van der Waals surface area contributed by atoms with E-state index in [0.717, 1.165) is 5.56 Å². The largest absolute Gasteiger partial charge is 0.322 e. The number of nitrogens with zero attached hydrogens (tertiary/aromatic N) is 2. The summed E-state index contributed by atoms with van der Waals surface area (Å²) in [5.41, 5.74) is 1.68. The summed E-state index contributed by atoms with van der Waals surface area (Å²) in [4.78, 5) is 36.4. The van der Waals surface area contributed by atoms with Crippen molar-refractivity contribution in [1.29, 1.82) is 5.26 Å². The predicted molar refractivity (Wildman–Crippen MR) is 62.6 cm³/mol. The van der Waals surface area contributed by atoms with Crippen molar-refractivity contribution in [3.8, 4) is 6.07 Å². The maximum Gasteiger partial charge on any atom is 0.255 e. The highest BCUT2D eigenvalue weighted by atomic mass is 16.2. The number of nitriles is 1. The molecule has 1 aromatic carbocycles. The fourth-order valence-corrected chi connectivity index (χ4v) is 2.46. The first-order chi connectivity index (χ1) is 9.10. The molecular formula is C13H9N3O3. The lowest BCUT2D eigenvalue weighted by Gasteiger charge is -2.20. The molecule has 0 unspecified atom stereocenters. The fraction of sp³-hybridized carbons (Fsp3) is 0.231. The van der Waals surface area contributed by atoms with Crippen LogP contribution in [0.25, 0.3) is 0 Å². The number of hydrogen-bond donors (Lipinski definition) is 1. The Kier molecular flexibility index (Phi) is 2.35. The molecule has 6 nitrogen and oxygen atoms in total. The van der Waals surface area contributed by atoms with Crippen molar-refractivity contribution < 1.29 is 14.4 Å². The number of imide groups is 1. The number of rotatable bonds is 1. The first kappa shape index (κ1) is 11.4. The lowest BCUT2D eigenvalue weighted by Crippen LogP contribution is -2.40. The molecule has 3 rings (SSSR count). The average molecular weight is 255 g/mol. The molecule has 3 amide bonds. The first-order valence-corrected chi connectivity index (χ1v) is 5.78. The van der Waals surface area contributed by atoms with Gasteiger partial charge in [0.1, 0.15) is 6.04 Å². The average Bonchev–Trinajstić information content (AvgIpc) is 2.89. The van der Waals surface area contributed by atoms with Gasteiger partial charge in [-0.05, 0) is 23.8 Å². The zero-order valence-electron chi connectivity index (χ0n) is 9.84. The van der Waals surface area contributed by atoms with Gasteiger partial charge in [0.15, 0.2) is 0 Å². The van der Waals surface area contributed by atoms with Crippen molar-refractivity contribution in [2.45, 2.75) is 19.0 Å². The third kappa shape index (κ3) is 1.67. The van der Waals surface area contributed by atoms with Crippen LogP contribution >= 0.6 is 0 Å². The molecule has 1 saturated heterocycles.